The molecule has 0 saturated heterocycles. The molecule has 1 amide bonds. The van der Waals surface area contributed by atoms with Crippen LogP contribution >= 0.6 is 11.6 Å². The minimum Gasteiger partial charge on any atom is -0.360 e. The van der Waals surface area contributed by atoms with Crippen LogP contribution in [0.2, 0.25) is 5.02 Å². The maximum atomic E-state index is 11.8. The molecule has 0 atom stereocenters. The third-order valence-electron chi connectivity index (χ3n) is 2.40. The maximum absolute atomic E-state index is 11.8. The largest absolute Gasteiger partial charge is 0.360 e. The van der Waals surface area contributed by atoms with Gasteiger partial charge in [0.25, 0.3) is 0 Å². The number of nitrogens with zero attached hydrogens (tertiary/aromatic N) is 3. The molecule has 1 aromatic rings. The number of rotatable bonds is 6. The number of likely N-dealkylation sites (N-methyl/N-ethyl adjacent to an activating group) is 1. The predicted molar refractivity (Wildman–Crippen MR) is 71.3 cm³/mol. The van der Waals surface area contributed by atoms with E-state index in [9.17, 15) is 4.79 Å². The molecule has 7 nitrogen and oxygen atoms in total. The Hall–Kier alpha value is -1.60. The number of nitrogen functional groups attached to an aromatic ring is 1. The van der Waals surface area contributed by atoms with Gasteiger partial charge in [0.2, 0.25) is 11.9 Å². The minimum atomic E-state index is -0.0167. The van der Waals surface area contributed by atoms with Gasteiger partial charge in [-0.1, -0.05) is 11.6 Å². The van der Waals surface area contributed by atoms with Gasteiger partial charge in [-0.15, -0.1) is 0 Å². The van der Waals surface area contributed by atoms with Crippen LogP contribution in [-0.4, -0.2) is 40.4 Å². The normalized spacial score (nSPS) is 10.0. The van der Waals surface area contributed by atoms with Crippen molar-refractivity contribution in [2.24, 2.45) is 5.84 Å². The van der Waals surface area contributed by atoms with Gasteiger partial charge in [-0.25, -0.2) is 10.8 Å². The molecule has 0 aliphatic heterocycles. The first-order valence-corrected chi connectivity index (χ1v) is 6.00. The standard InChI is InChI=1S/C10H17ClN6O/c1-3-17(4-2)8(18)6-13-9-7(11)5-14-10(15-9)16-12/h5H,3-4,6,12H2,1-2H3,(H2,13,14,15,16). The summed E-state index contributed by atoms with van der Waals surface area (Å²) in [5.74, 6) is 5.79. The SMILES string of the molecule is CCN(CC)C(=O)CNc1nc(NN)ncc1Cl. The Balaban J connectivity index is 2.65. The Kier molecular flexibility index (Phi) is 5.60. The molecular weight excluding hydrogens is 256 g/mol. The van der Waals surface area contributed by atoms with E-state index in [1.165, 1.54) is 6.20 Å². The summed E-state index contributed by atoms with van der Waals surface area (Å²) in [6.45, 7) is 5.32. The van der Waals surface area contributed by atoms with Crippen LogP contribution in [0.25, 0.3) is 0 Å². The van der Waals surface area contributed by atoms with Crippen molar-refractivity contribution in [3.63, 3.8) is 0 Å². The monoisotopic (exact) mass is 272 g/mol. The number of aromatic nitrogens is 2. The summed E-state index contributed by atoms with van der Waals surface area (Å²) in [6.07, 6.45) is 1.41. The number of anilines is 2. The fourth-order valence-corrected chi connectivity index (χ4v) is 1.57. The molecule has 0 fully saturated rings. The summed E-state index contributed by atoms with van der Waals surface area (Å²) >= 11 is 5.90. The lowest BCUT2D eigenvalue weighted by molar-refractivity contribution is -0.128. The molecule has 0 spiro atoms. The molecule has 0 aromatic carbocycles. The zero-order chi connectivity index (χ0) is 13.5. The second-order valence-electron chi connectivity index (χ2n) is 3.45. The van der Waals surface area contributed by atoms with E-state index in [4.69, 9.17) is 17.4 Å². The number of halogens is 1. The van der Waals surface area contributed by atoms with Crippen LogP contribution in [0.5, 0.6) is 0 Å². The van der Waals surface area contributed by atoms with Crippen molar-refractivity contribution >= 4 is 29.3 Å². The summed E-state index contributed by atoms with van der Waals surface area (Å²) in [5, 5.41) is 3.20. The van der Waals surface area contributed by atoms with Crippen LogP contribution in [0.3, 0.4) is 0 Å². The van der Waals surface area contributed by atoms with Gasteiger partial charge in [-0.05, 0) is 13.8 Å². The molecule has 1 heterocycles. The summed E-state index contributed by atoms with van der Waals surface area (Å²) < 4.78 is 0. The molecule has 1 aromatic heterocycles. The van der Waals surface area contributed by atoms with Gasteiger partial charge < -0.3 is 10.2 Å². The first kappa shape index (κ1) is 14.5. The van der Waals surface area contributed by atoms with Gasteiger partial charge in [0.15, 0.2) is 5.82 Å². The molecule has 0 saturated carbocycles. The highest BCUT2D eigenvalue weighted by Gasteiger charge is 2.11. The van der Waals surface area contributed by atoms with Gasteiger partial charge in [-0.3, -0.25) is 10.2 Å². The van der Waals surface area contributed by atoms with E-state index in [0.29, 0.717) is 23.9 Å². The molecule has 0 radical (unpaired) electrons. The van der Waals surface area contributed by atoms with Crippen LogP contribution in [0.1, 0.15) is 13.8 Å². The van der Waals surface area contributed by atoms with E-state index in [2.05, 4.69) is 20.7 Å². The molecule has 0 aliphatic carbocycles. The number of hydrazine groups is 1. The van der Waals surface area contributed by atoms with Gasteiger partial charge in [0.05, 0.1) is 12.7 Å². The number of carbonyl (C=O) groups excluding carboxylic acids is 1. The Morgan fingerprint density at radius 1 is 1.50 bits per heavy atom. The van der Waals surface area contributed by atoms with Crippen molar-refractivity contribution < 1.29 is 4.79 Å². The highest BCUT2D eigenvalue weighted by molar-refractivity contribution is 6.32. The van der Waals surface area contributed by atoms with Gasteiger partial charge >= 0.3 is 0 Å². The van der Waals surface area contributed by atoms with Crippen molar-refractivity contribution in [1.82, 2.24) is 14.9 Å². The topological polar surface area (TPSA) is 96.2 Å². The third kappa shape index (κ3) is 3.71. The van der Waals surface area contributed by atoms with E-state index in [1.54, 1.807) is 4.90 Å². The lowest BCUT2D eigenvalue weighted by Gasteiger charge is -2.19. The highest BCUT2D eigenvalue weighted by Crippen LogP contribution is 2.18. The summed E-state index contributed by atoms with van der Waals surface area (Å²) in [5.41, 5.74) is 2.31. The number of amides is 1. The lowest BCUT2D eigenvalue weighted by atomic mass is 10.4. The first-order valence-electron chi connectivity index (χ1n) is 5.63. The van der Waals surface area contributed by atoms with Gasteiger partial charge in [0, 0.05) is 13.1 Å². The van der Waals surface area contributed by atoms with Crippen molar-refractivity contribution in [2.75, 3.05) is 30.4 Å². The zero-order valence-corrected chi connectivity index (χ0v) is 11.2. The molecule has 18 heavy (non-hydrogen) atoms. The average molecular weight is 273 g/mol. The minimum absolute atomic E-state index is 0.0167. The van der Waals surface area contributed by atoms with E-state index in [-0.39, 0.29) is 18.4 Å². The van der Waals surface area contributed by atoms with Gasteiger partial charge in [0.1, 0.15) is 5.02 Å². The van der Waals surface area contributed by atoms with Crippen LogP contribution in [0.4, 0.5) is 11.8 Å². The van der Waals surface area contributed by atoms with Crippen molar-refractivity contribution in [3.8, 4) is 0 Å². The highest BCUT2D eigenvalue weighted by atomic mass is 35.5. The Morgan fingerprint density at radius 3 is 2.72 bits per heavy atom. The molecule has 0 aliphatic rings. The third-order valence-corrected chi connectivity index (χ3v) is 2.67. The first-order chi connectivity index (χ1) is 8.62. The zero-order valence-electron chi connectivity index (χ0n) is 10.4. The van der Waals surface area contributed by atoms with Crippen molar-refractivity contribution in [2.45, 2.75) is 13.8 Å². The molecule has 8 heteroatoms. The van der Waals surface area contributed by atoms with Crippen molar-refractivity contribution in [3.05, 3.63) is 11.2 Å². The number of nitrogens with one attached hydrogen (secondary N) is 2. The Labute approximate surface area is 111 Å². The van der Waals surface area contributed by atoms with E-state index < -0.39 is 0 Å². The second kappa shape index (κ2) is 6.97. The number of hydrogen-bond donors (Lipinski definition) is 3. The summed E-state index contributed by atoms with van der Waals surface area (Å²) in [7, 11) is 0. The van der Waals surface area contributed by atoms with Crippen molar-refractivity contribution in [1.29, 1.82) is 0 Å². The van der Waals surface area contributed by atoms with E-state index >= 15 is 0 Å². The second-order valence-corrected chi connectivity index (χ2v) is 3.86. The quantitative estimate of drug-likeness (QED) is 0.521. The fraction of sp³-hybridized carbons (Fsp3) is 0.500. The number of hydrogen-bond acceptors (Lipinski definition) is 6. The lowest BCUT2D eigenvalue weighted by Crippen LogP contribution is -2.35. The molecule has 100 valence electrons. The molecular formula is C10H17ClN6O. The smallest absolute Gasteiger partial charge is 0.241 e. The Bertz CT molecular complexity index is 409. The predicted octanol–water partition coefficient (Wildman–Crippen LogP) is 0.696. The molecule has 4 N–H and O–H groups in total. The van der Waals surface area contributed by atoms with Crippen LogP contribution in [-0.2, 0) is 4.79 Å². The maximum Gasteiger partial charge on any atom is 0.241 e. The number of carbonyl (C=O) groups is 1. The van der Waals surface area contributed by atoms with Crippen LogP contribution in [0, 0.1) is 0 Å². The molecule has 1 rings (SSSR count). The Morgan fingerprint density at radius 2 is 2.17 bits per heavy atom. The number of nitrogens with two attached hydrogens (primary N) is 1. The van der Waals surface area contributed by atoms with Crippen LogP contribution < -0.4 is 16.6 Å². The van der Waals surface area contributed by atoms with E-state index in [0.717, 1.165) is 0 Å². The summed E-state index contributed by atoms with van der Waals surface area (Å²) in [4.78, 5) is 21.3. The molecule has 0 bridgehead atoms. The van der Waals surface area contributed by atoms with Gasteiger partial charge in [-0.2, -0.15) is 4.98 Å². The van der Waals surface area contributed by atoms with Crippen LogP contribution in [0.15, 0.2) is 6.20 Å². The average Bonchev–Trinajstić information content (AvgIpc) is 2.39. The summed E-state index contributed by atoms with van der Waals surface area (Å²) in [6, 6.07) is 0. The van der Waals surface area contributed by atoms with E-state index in [1.807, 2.05) is 13.8 Å². The molecule has 0 unspecified atom stereocenters. The fourth-order valence-electron chi connectivity index (χ4n) is 1.41.